The minimum absolute atomic E-state index is 0.113. The van der Waals surface area contributed by atoms with Gasteiger partial charge in [0.1, 0.15) is 6.54 Å². The van der Waals surface area contributed by atoms with Crippen molar-refractivity contribution in [2.75, 3.05) is 0 Å². The average molecular weight is 351 g/mol. The SMILES string of the molecule is CCC(NC(=O)Cn1c(=O)oc2ccccc21)c1cn2cccnc2n1. The van der Waals surface area contributed by atoms with Crippen LogP contribution in [0, 0.1) is 0 Å². The van der Waals surface area contributed by atoms with E-state index in [0.717, 1.165) is 5.69 Å². The molecule has 132 valence electrons. The van der Waals surface area contributed by atoms with Gasteiger partial charge < -0.3 is 9.73 Å². The Labute approximate surface area is 148 Å². The Morgan fingerprint density at radius 2 is 2.15 bits per heavy atom. The van der Waals surface area contributed by atoms with E-state index in [4.69, 9.17) is 4.42 Å². The lowest BCUT2D eigenvalue weighted by Crippen LogP contribution is -2.33. The van der Waals surface area contributed by atoms with Gasteiger partial charge in [-0.1, -0.05) is 19.1 Å². The molecule has 26 heavy (non-hydrogen) atoms. The Bertz CT molecular complexity index is 1110. The van der Waals surface area contributed by atoms with Crippen LogP contribution in [0.25, 0.3) is 16.9 Å². The molecule has 1 unspecified atom stereocenters. The highest BCUT2D eigenvalue weighted by molar-refractivity contribution is 5.79. The highest BCUT2D eigenvalue weighted by atomic mass is 16.4. The van der Waals surface area contributed by atoms with Gasteiger partial charge in [0.2, 0.25) is 11.7 Å². The number of aromatic nitrogens is 4. The number of carbonyl (C=O) groups is 1. The molecule has 0 spiro atoms. The number of nitrogens with one attached hydrogen (secondary N) is 1. The third kappa shape index (κ3) is 2.85. The molecule has 3 aromatic heterocycles. The topological polar surface area (TPSA) is 94.4 Å². The van der Waals surface area contributed by atoms with Crippen molar-refractivity contribution in [3.8, 4) is 0 Å². The molecule has 3 heterocycles. The summed E-state index contributed by atoms with van der Waals surface area (Å²) in [5, 5.41) is 2.93. The molecule has 0 aliphatic rings. The Balaban J connectivity index is 1.56. The third-order valence-corrected chi connectivity index (χ3v) is 4.23. The van der Waals surface area contributed by atoms with Crippen molar-refractivity contribution in [1.29, 1.82) is 0 Å². The second kappa shape index (κ2) is 6.47. The van der Waals surface area contributed by atoms with Crippen molar-refractivity contribution >= 4 is 22.8 Å². The number of hydrogen-bond donors (Lipinski definition) is 1. The monoisotopic (exact) mass is 351 g/mol. The first kappa shape index (κ1) is 16.1. The first-order valence-corrected chi connectivity index (χ1v) is 8.33. The van der Waals surface area contributed by atoms with Crippen LogP contribution >= 0.6 is 0 Å². The molecule has 0 saturated heterocycles. The zero-order valence-corrected chi connectivity index (χ0v) is 14.1. The summed E-state index contributed by atoms with van der Waals surface area (Å²) in [6, 6.07) is 8.57. The summed E-state index contributed by atoms with van der Waals surface area (Å²) in [6.45, 7) is 1.85. The van der Waals surface area contributed by atoms with Crippen molar-refractivity contribution in [2.24, 2.45) is 0 Å². The summed E-state index contributed by atoms with van der Waals surface area (Å²) in [5.41, 5.74) is 1.78. The number of nitrogens with zero attached hydrogens (tertiary/aromatic N) is 4. The van der Waals surface area contributed by atoms with Gasteiger partial charge in [0.25, 0.3) is 0 Å². The van der Waals surface area contributed by atoms with E-state index < -0.39 is 5.76 Å². The Morgan fingerprint density at radius 3 is 2.96 bits per heavy atom. The number of fused-ring (bicyclic) bond motifs is 2. The van der Waals surface area contributed by atoms with E-state index in [2.05, 4.69) is 15.3 Å². The lowest BCUT2D eigenvalue weighted by molar-refractivity contribution is -0.122. The maximum atomic E-state index is 12.5. The van der Waals surface area contributed by atoms with Gasteiger partial charge in [-0.3, -0.25) is 13.8 Å². The summed E-state index contributed by atoms with van der Waals surface area (Å²) >= 11 is 0. The minimum Gasteiger partial charge on any atom is -0.408 e. The highest BCUT2D eigenvalue weighted by Crippen LogP contribution is 2.16. The number of imidazole rings is 1. The van der Waals surface area contributed by atoms with Crippen LogP contribution in [-0.4, -0.2) is 24.8 Å². The zero-order valence-electron chi connectivity index (χ0n) is 14.1. The summed E-state index contributed by atoms with van der Waals surface area (Å²) in [6.07, 6.45) is 6.03. The molecule has 4 aromatic rings. The van der Waals surface area contributed by atoms with Gasteiger partial charge in [-0.15, -0.1) is 0 Å². The molecule has 0 saturated carbocycles. The van der Waals surface area contributed by atoms with Crippen LogP contribution in [0.15, 0.2) is 58.1 Å². The second-order valence-electron chi connectivity index (χ2n) is 5.94. The van der Waals surface area contributed by atoms with Crippen molar-refractivity contribution in [2.45, 2.75) is 25.9 Å². The Hall–Kier alpha value is -3.42. The molecule has 1 aromatic carbocycles. The zero-order chi connectivity index (χ0) is 18.1. The lowest BCUT2D eigenvalue weighted by atomic mass is 10.1. The molecular formula is C18H17N5O3. The van der Waals surface area contributed by atoms with Gasteiger partial charge in [0, 0.05) is 18.6 Å². The van der Waals surface area contributed by atoms with Gasteiger partial charge in [-0.25, -0.2) is 14.8 Å². The van der Waals surface area contributed by atoms with Crippen LogP contribution in [0.3, 0.4) is 0 Å². The lowest BCUT2D eigenvalue weighted by Gasteiger charge is -2.14. The van der Waals surface area contributed by atoms with Gasteiger partial charge in [-0.05, 0) is 24.6 Å². The molecule has 1 N–H and O–H groups in total. The Morgan fingerprint density at radius 1 is 1.31 bits per heavy atom. The van der Waals surface area contributed by atoms with Crippen LogP contribution in [0.1, 0.15) is 25.1 Å². The minimum atomic E-state index is -0.550. The highest BCUT2D eigenvalue weighted by Gasteiger charge is 2.18. The molecule has 0 aliphatic carbocycles. The predicted octanol–water partition coefficient (Wildman–Crippen LogP) is 1.90. The fraction of sp³-hybridized carbons (Fsp3) is 0.222. The normalized spacial score (nSPS) is 12.5. The number of para-hydroxylation sites is 2. The molecule has 0 aliphatic heterocycles. The van der Waals surface area contributed by atoms with Gasteiger partial charge >= 0.3 is 5.76 Å². The van der Waals surface area contributed by atoms with Crippen molar-refractivity contribution in [1.82, 2.24) is 24.3 Å². The number of amides is 1. The van der Waals surface area contributed by atoms with Crippen LogP contribution in [0.4, 0.5) is 0 Å². The van der Waals surface area contributed by atoms with Crippen molar-refractivity contribution in [3.05, 3.63) is 65.2 Å². The molecule has 8 nitrogen and oxygen atoms in total. The first-order valence-electron chi connectivity index (χ1n) is 8.33. The molecule has 0 radical (unpaired) electrons. The van der Waals surface area contributed by atoms with E-state index in [0.29, 0.717) is 23.3 Å². The quantitative estimate of drug-likeness (QED) is 0.593. The fourth-order valence-corrected chi connectivity index (χ4v) is 2.95. The van der Waals surface area contributed by atoms with Gasteiger partial charge in [0.05, 0.1) is 17.3 Å². The molecule has 1 amide bonds. The summed E-state index contributed by atoms with van der Waals surface area (Å²) in [7, 11) is 0. The number of hydrogen-bond acceptors (Lipinski definition) is 5. The maximum Gasteiger partial charge on any atom is 0.420 e. The van der Waals surface area contributed by atoms with E-state index in [1.54, 1.807) is 34.9 Å². The van der Waals surface area contributed by atoms with Crippen LogP contribution < -0.4 is 11.1 Å². The maximum absolute atomic E-state index is 12.5. The first-order chi connectivity index (χ1) is 12.7. The number of benzene rings is 1. The standard InChI is InChI=1S/C18H17N5O3/c1-2-12(13-10-22-9-5-8-19-17(22)21-13)20-16(24)11-23-14-6-3-4-7-15(14)26-18(23)25/h3-10,12H,2,11H2,1H3,(H,20,24). The molecule has 0 fully saturated rings. The molecule has 4 rings (SSSR count). The van der Waals surface area contributed by atoms with E-state index in [1.807, 2.05) is 25.4 Å². The van der Waals surface area contributed by atoms with E-state index in [-0.39, 0.29) is 18.5 Å². The molecule has 0 bridgehead atoms. The predicted molar refractivity (Wildman–Crippen MR) is 94.6 cm³/mol. The number of rotatable bonds is 5. The molecule has 1 atom stereocenters. The molecule has 8 heteroatoms. The molecular weight excluding hydrogens is 334 g/mol. The van der Waals surface area contributed by atoms with Gasteiger partial charge in [-0.2, -0.15) is 0 Å². The van der Waals surface area contributed by atoms with Crippen LogP contribution in [-0.2, 0) is 11.3 Å². The van der Waals surface area contributed by atoms with E-state index in [9.17, 15) is 9.59 Å². The van der Waals surface area contributed by atoms with Crippen LogP contribution in [0.5, 0.6) is 0 Å². The second-order valence-corrected chi connectivity index (χ2v) is 5.94. The summed E-state index contributed by atoms with van der Waals surface area (Å²) < 4.78 is 8.29. The van der Waals surface area contributed by atoms with E-state index >= 15 is 0 Å². The smallest absolute Gasteiger partial charge is 0.408 e. The fourth-order valence-electron chi connectivity index (χ4n) is 2.95. The van der Waals surface area contributed by atoms with Crippen LogP contribution in [0.2, 0.25) is 0 Å². The number of carbonyl (C=O) groups excluding carboxylic acids is 1. The Kier molecular flexibility index (Phi) is 4.00. The van der Waals surface area contributed by atoms with Crippen molar-refractivity contribution < 1.29 is 9.21 Å². The van der Waals surface area contributed by atoms with E-state index in [1.165, 1.54) is 4.57 Å². The van der Waals surface area contributed by atoms with Crippen molar-refractivity contribution in [3.63, 3.8) is 0 Å². The number of oxazole rings is 1. The average Bonchev–Trinajstić information content (AvgIpc) is 3.21. The summed E-state index contributed by atoms with van der Waals surface area (Å²) in [5.74, 6) is -0.255. The van der Waals surface area contributed by atoms with Gasteiger partial charge in [0.15, 0.2) is 5.58 Å². The largest absolute Gasteiger partial charge is 0.420 e. The third-order valence-electron chi connectivity index (χ3n) is 4.23. The summed E-state index contributed by atoms with van der Waals surface area (Å²) in [4.78, 5) is 33.1.